The average molecular weight is 229 g/mol. The Morgan fingerprint density at radius 2 is 1.65 bits per heavy atom. The van der Waals surface area contributed by atoms with E-state index in [9.17, 15) is 0 Å². The first-order chi connectivity index (χ1) is 8.28. The number of aliphatic hydroxyl groups is 1. The lowest BCUT2D eigenvalue weighted by Gasteiger charge is -2.05. The summed E-state index contributed by atoms with van der Waals surface area (Å²) in [5, 5.41) is 12.1. The highest BCUT2D eigenvalue weighted by Gasteiger charge is 1.96. The van der Waals surface area contributed by atoms with Crippen LogP contribution in [0.5, 0.6) is 0 Å². The van der Waals surface area contributed by atoms with Gasteiger partial charge in [0, 0.05) is 18.9 Å². The molecule has 0 aliphatic carbocycles. The third kappa shape index (κ3) is 3.26. The molecule has 0 fully saturated rings. The molecule has 0 unspecified atom stereocenters. The van der Waals surface area contributed by atoms with E-state index in [-0.39, 0.29) is 6.61 Å². The van der Waals surface area contributed by atoms with E-state index >= 15 is 0 Å². The fourth-order valence-electron chi connectivity index (χ4n) is 1.43. The van der Waals surface area contributed by atoms with E-state index < -0.39 is 0 Å². The Balaban J connectivity index is 1.95. The lowest BCUT2D eigenvalue weighted by Crippen LogP contribution is -2.03. The predicted molar refractivity (Wildman–Crippen MR) is 66.5 cm³/mol. The second-order valence-electron chi connectivity index (χ2n) is 3.91. The maximum absolute atomic E-state index is 8.93. The molecule has 0 amide bonds. The van der Waals surface area contributed by atoms with Gasteiger partial charge in [0.15, 0.2) is 0 Å². The van der Waals surface area contributed by atoms with Gasteiger partial charge in [0.25, 0.3) is 0 Å². The van der Waals surface area contributed by atoms with Crippen molar-refractivity contribution in [1.82, 2.24) is 9.97 Å². The molecule has 0 saturated heterocycles. The summed E-state index contributed by atoms with van der Waals surface area (Å²) in [6, 6.07) is 7.78. The van der Waals surface area contributed by atoms with Crippen molar-refractivity contribution in [3.63, 3.8) is 0 Å². The van der Waals surface area contributed by atoms with E-state index in [0.717, 1.165) is 16.7 Å². The van der Waals surface area contributed by atoms with Crippen LogP contribution in [0, 0.1) is 6.92 Å². The quantitative estimate of drug-likeness (QED) is 0.840. The summed E-state index contributed by atoms with van der Waals surface area (Å²) >= 11 is 0. The van der Waals surface area contributed by atoms with Crippen LogP contribution < -0.4 is 5.32 Å². The summed E-state index contributed by atoms with van der Waals surface area (Å²) in [7, 11) is 0. The molecular formula is C13H15N3O. The van der Waals surface area contributed by atoms with Gasteiger partial charge in [-0.3, -0.25) is 0 Å². The number of aliphatic hydroxyl groups excluding tert-OH is 1. The number of aromatic nitrogens is 2. The van der Waals surface area contributed by atoms with Gasteiger partial charge >= 0.3 is 0 Å². The van der Waals surface area contributed by atoms with E-state index in [0.29, 0.717) is 12.5 Å². The SMILES string of the molecule is Cc1cnc(NCc2ccc(CO)cc2)nc1. The lowest BCUT2D eigenvalue weighted by molar-refractivity contribution is 0.282. The van der Waals surface area contributed by atoms with Gasteiger partial charge in [-0.2, -0.15) is 0 Å². The van der Waals surface area contributed by atoms with Crippen LogP contribution >= 0.6 is 0 Å². The van der Waals surface area contributed by atoms with Gasteiger partial charge in [-0.05, 0) is 23.6 Å². The van der Waals surface area contributed by atoms with Crippen molar-refractivity contribution in [1.29, 1.82) is 0 Å². The van der Waals surface area contributed by atoms with Crippen molar-refractivity contribution >= 4 is 5.95 Å². The molecule has 0 spiro atoms. The smallest absolute Gasteiger partial charge is 0.222 e. The van der Waals surface area contributed by atoms with E-state index in [2.05, 4.69) is 15.3 Å². The van der Waals surface area contributed by atoms with E-state index in [1.807, 2.05) is 31.2 Å². The van der Waals surface area contributed by atoms with Crippen LogP contribution in [0.2, 0.25) is 0 Å². The molecule has 1 aromatic heterocycles. The van der Waals surface area contributed by atoms with Crippen LogP contribution in [0.1, 0.15) is 16.7 Å². The Hall–Kier alpha value is -1.94. The molecule has 88 valence electrons. The largest absolute Gasteiger partial charge is 0.392 e. The summed E-state index contributed by atoms with van der Waals surface area (Å²) in [6.07, 6.45) is 3.56. The molecule has 1 heterocycles. The molecule has 4 nitrogen and oxygen atoms in total. The highest BCUT2D eigenvalue weighted by atomic mass is 16.3. The molecular weight excluding hydrogens is 214 g/mol. The standard InChI is InChI=1S/C13H15N3O/c1-10-6-14-13(15-7-10)16-8-11-2-4-12(9-17)5-3-11/h2-7,17H,8-9H2,1H3,(H,14,15,16). The third-order valence-corrected chi connectivity index (χ3v) is 2.44. The molecule has 0 aliphatic rings. The zero-order chi connectivity index (χ0) is 12.1. The number of aryl methyl sites for hydroxylation is 1. The number of hydrogen-bond donors (Lipinski definition) is 2. The van der Waals surface area contributed by atoms with Gasteiger partial charge in [-0.1, -0.05) is 24.3 Å². The van der Waals surface area contributed by atoms with Crippen LogP contribution in [0.3, 0.4) is 0 Å². The van der Waals surface area contributed by atoms with Crippen LogP contribution in [-0.2, 0) is 13.2 Å². The highest BCUT2D eigenvalue weighted by Crippen LogP contribution is 2.06. The topological polar surface area (TPSA) is 58.0 Å². The first-order valence-corrected chi connectivity index (χ1v) is 5.49. The minimum atomic E-state index is 0.0782. The molecule has 0 bridgehead atoms. The number of rotatable bonds is 4. The van der Waals surface area contributed by atoms with Crippen molar-refractivity contribution in [3.05, 3.63) is 53.3 Å². The minimum Gasteiger partial charge on any atom is -0.392 e. The number of anilines is 1. The monoisotopic (exact) mass is 229 g/mol. The van der Waals surface area contributed by atoms with E-state index in [4.69, 9.17) is 5.11 Å². The van der Waals surface area contributed by atoms with Crippen LogP contribution in [0.25, 0.3) is 0 Å². The van der Waals surface area contributed by atoms with E-state index in [1.54, 1.807) is 12.4 Å². The second-order valence-corrected chi connectivity index (χ2v) is 3.91. The summed E-state index contributed by atoms with van der Waals surface area (Å²) in [6.45, 7) is 2.71. The van der Waals surface area contributed by atoms with E-state index in [1.165, 1.54) is 0 Å². The van der Waals surface area contributed by atoms with Crippen LogP contribution in [0.15, 0.2) is 36.7 Å². The normalized spacial score (nSPS) is 10.2. The Kier molecular flexibility index (Phi) is 3.67. The van der Waals surface area contributed by atoms with Crippen molar-refractivity contribution in [2.75, 3.05) is 5.32 Å². The maximum Gasteiger partial charge on any atom is 0.222 e. The van der Waals surface area contributed by atoms with Gasteiger partial charge in [0.2, 0.25) is 5.95 Å². The van der Waals surface area contributed by atoms with Gasteiger partial charge in [-0.15, -0.1) is 0 Å². The summed E-state index contributed by atoms with van der Waals surface area (Å²) < 4.78 is 0. The Labute approximate surface area is 100 Å². The first-order valence-electron chi connectivity index (χ1n) is 5.49. The van der Waals surface area contributed by atoms with Crippen molar-refractivity contribution in [2.45, 2.75) is 20.1 Å². The van der Waals surface area contributed by atoms with Gasteiger partial charge in [0.1, 0.15) is 0 Å². The molecule has 2 aromatic rings. The summed E-state index contributed by atoms with van der Waals surface area (Å²) in [5.41, 5.74) is 3.09. The molecule has 0 aliphatic heterocycles. The Morgan fingerprint density at radius 3 is 2.24 bits per heavy atom. The number of nitrogens with one attached hydrogen (secondary N) is 1. The Bertz CT molecular complexity index is 465. The molecule has 0 saturated carbocycles. The van der Waals surface area contributed by atoms with Gasteiger partial charge in [0.05, 0.1) is 6.61 Å². The molecule has 2 rings (SSSR count). The zero-order valence-corrected chi connectivity index (χ0v) is 9.72. The summed E-state index contributed by atoms with van der Waals surface area (Å²) in [4.78, 5) is 8.33. The molecule has 0 atom stereocenters. The fraction of sp³-hybridized carbons (Fsp3) is 0.231. The minimum absolute atomic E-state index is 0.0782. The number of benzene rings is 1. The van der Waals surface area contributed by atoms with Crippen molar-refractivity contribution in [3.8, 4) is 0 Å². The fourth-order valence-corrected chi connectivity index (χ4v) is 1.43. The molecule has 2 N–H and O–H groups in total. The predicted octanol–water partition coefficient (Wildman–Crippen LogP) is 1.89. The maximum atomic E-state index is 8.93. The average Bonchev–Trinajstić information content (AvgIpc) is 2.39. The van der Waals surface area contributed by atoms with Crippen molar-refractivity contribution in [2.24, 2.45) is 0 Å². The zero-order valence-electron chi connectivity index (χ0n) is 9.72. The lowest BCUT2D eigenvalue weighted by atomic mass is 10.1. The Morgan fingerprint density at radius 1 is 1.06 bits per heavy atom. The number of hydrogen-bond acceptors (Lipinski definition) is 4. The van der Waals surface area contributed by atoms with Crippen molar-refractivity contribution < 1.29 is 5.11 Å². The molecule has 1 aromatic carbocycles. The van der Waals surface area contributed by atoms with Gasteiger partial charge in [-0.25, -0.2) is 9.97 Å². The second kappa shape index (κ2) is 5.41. The number of nitrogens with zero attached hydrogens (tertiary/aromatic N) is 2. The molecule has 4 heteroatoms. The van der Waals surface area contributed by atoms with Crippen LogP contribution in [-0.4, -0.2) is 15.1 Å². The molecule has 0 radical (unpaired) electrons. The highest BCUT2D eigenvalue weighted by molar-refractivity contribution is 5.29. The first kappa shape index (κ1) is 11.5. The summed E-state index contributed by atoms with van der Waals surface area (Å²) in [5.74, 6) is 0.627. The molecule has 17 heavy (non-hydrogen) atoms. The third-order valence-electron chi connectivity index (χ3n) is 2.44. The van der Waals surface area contributed by atoms with Crippen LogP contribution in [0.4, 0.5) is 5.95 Å². The van der Waals surface area contributed by atoms with Gasteiger partial charge < -0.3 is 10.4 Å².